The Hall–Kier alpha value is 0.920. The Morgan fingerprint density at radius 1 is 0.833 bits per heavy atom. The largest absolute Gasteiger partial charge is 0.391 e. The van der Waals surface area contributed by atoms with E-state index in [9.17, 15) is 5.11 Å². The molecular weight excluding hydrogens is 284 g/mol. The highest BCUT2D eigenvalue weighted by atomic mass is 79.9. The number of hydrogen-bond donors (Lipinski definition) is 1. The number of aliphatic hydroxyl groups is 1. The van der Waals surface area contributed by atoms with Gasteiger partial charge in [-0.3, -0.25) is 0 Å². The van der Waals surface area contributed by atoms with Gasteiger partial charge in [-0.2, -0.15) is 0 Å². The van der Waals surface area contributed by atoms with Crippen molar-refractivity contribution in [1.82, 2.24) is 0 Å². The van der Waals surface area contributed by atoms with Gasteiger partial charge in [0.05, 0.1) is 10.4 Å². The molecule has 0 radical (unpaired) electrons. The van der Waals surface area contributed by atoms with Crippen LogP contribution in [0, 0.1) is 35.5 Å². The fourth-order valence-electron chi connectivity index (χ4n) is 5.66. The molecule has 6 fully saturated rings. The van der Waals surface area contributed by atoms with Crippen molar-refractivity contribution in [3.05, 3.63) is 0 Å². The molecule has 0 aromatic carbocycles. The van der Waals surface area contributed by atoms with Gasteiger partial charge < -0.3 is 5.11 Å². The molecule has 6 rings (SSSR count). The molecule has 1 nitrogen and oxygen atoms in total. The molecule has 4 unspecified atom stereocenters. The Labute approximate surface area is 87.2 Å². The van der Waals surface area contributed by atoms with Gasteiger partial charge in [0.2, 0.25) is 0 Å². The number of halogens is 2. The fraction of sp³-hybridized carbons (Fsp3) is 1.00. The minimum atomic E-state index is -0.0214. The summed E-state index contributed by atoms with van der Waals surface area (Å²) in [7, 11) is 0. The Balaban J connectivity index is 1.84. The van der Waals surface area contributed by atoms with E-state index in [0.717, 1.165) is 29.6 Å². The monoisotopic (exact) mass is 290 g/mol. The van der Waals surface area contributed by atoms with Crippen molar-refractivity contribution in [1.29, 1.82) is 0 Å². The molecule has 3 heteroatoms. The van der Waals surface area contributed by atoms with Crippen LogP contribution in [0.25, 0.3) is 0 Å². The summed E-state index contributed by atoms with van der Waals surface area (Å²) in [6, 6.07) is 0. The van der Waals surface area contributed by atoms with Crippen LogP contribution < -0.4 is 0 Å². The van der Waals surface area contributed by atoms with Gasteiger partial charge in [0.25, 0.3) is 0 Å². The van der Waals surface area contributed by atoms with Gasteiger partial charge in [-0.05, 0) is 35.5 Å². The van der Waals surface area contributed by atoms with Gasteiger partial charge in [0.1, 0.15) is 0 Å². The molecule has 0 heterocycles. The second-order valence-corrected chi connectivity index (χ2v) is 8.05. The van der Waals surface area contributed by atoms with E-state index in [2.05, 4.69) is 31.9 Å². The molecule has 64 valence electrons. The van der Waals surface area contributed by atoms with E-state index in [1.54, 1.807) is 0 Å². The standard InChI is InChI=1S/C9H8Br2O/c10-8-2-1-3(8)5-6(8)4(2)9(5,11)7(1)12/h1-7,12H/t1?,2-,3-,4-,5+,6?,7-,8?,9?/m1/s1. The van der Waals surface area contributed by atoms with E-state index in [0.29, 0.717) is 10.2 Å². The van der Waals surface area contributed by atoms with Gasteiger partial charge in [-0.1, -0.05) is 31.9 Å². The molecule has 0 aromatic rings. The average Bonchev–Trinajstić information content (AvgIpc) is 2.21. The summed E-state index contributed by atoms with van der Waals surface area (Å²) in [4.78, 5) is 0. The second kappa shape index (κ2) is 1.24. The highest BCUT2D eigenvalue weighted by Gasteiger charge is 3.04. The average molecular weight is 292 g/mol. The fourth-order valence-corrected chi connectivity index (χ4v) is 8.85. The molecule has 0 aliphatic heterocycles. The molecule has 6 aliphatic rings. The zero-order chi connectivity index (χ0) is 8.04. The molecule has 2 bridgehead atoms. The molecule has 6 aliphatic carbocycles. The minimum absolute atomic E-state index is 0.0214. The molecular formula is C9H8Br2O. The van der Waals surface area contributed by atoms with Crippen LogP contribution in [0.1, 0.15) is 0 Å². The van der Waals surface area contributed by atoms with E-state index in [1.165, 1.54) is 0 Å². The van der Waals surface area contributed by atoms with Crippen LogP contribution in [0.4, 0.5) is 0 Å². The molecule has 0 saturated heterocycles. The topological polar surface area (TPSA) is 20.2 Å². The van der Waals surface area contributed by atoms with Crippen molar-refractivity contribution in [3.63, 3.8) is 0 Å². The van der Waals surface area contributed by atoms with Gasteiger partial charge >= 0.3 is 0 Å². The summed E-state index contributed by atoms with van der Waals surface area (Å²) < 4.78 is 0.717. The first-order chi connectivity index (χ1) is 5.64. The predicted octanol–water partition coefficient (Wildman–Crippen LogP) is 1.38. The van der Waals surface area contributed by atoms with Gasteiger partial charge in [0.15, 0.2) is 0 Å². The van der Waals surface area contributed by atoms with Crippen LogP contribution in [-0.2, 0) is 0 Å². The normalized spacial score (nSPS) is 95.8. The SMILES string of the molecule is O[C@@H]1C2[C@@H]3[C@H]4C5[C@@H]([C@@H]2C53Br)C14Br. The highest BCUT2D eigenvalue weighted by molar-refractivity contribution is 9.10. The molecule has 9 atom stereocenters. The maximum Gasteiger partial charge on any atom is 0.0733 e. The first kappa shape index (κ1) is 6.41. The van der Waals surface area contributed by atoms with Gasteiger partial charge in [-0.15, -0.1) is 0 Å². The molecule has 1 N–H and O–H groups in total. The van der Waals surface area contributed by atoms with E-state index in [4.69, 9.17) is 0 Å². The van der Waals surface area contributed by atoms with Crippen LogP contribution in [0.5, 0.6) is 0 Å². The van der Waals surface area contributed by atoms with Crippen LogP contribution in [0.15, 0.2) is 0 Å². The molecule has 0 spiro atoms. The van der Waals surface area contributed by atoms with Crippen LogP contribution >= 0.6 is 31.9 Å². The number of alkyl halides is 2. The number of hydrogen-bond acceptors (Lipinski definition) is 1. The minimum Gasteiger partial charge on any atom is -0.391 e. The van der Waals surface area contributed by atoms with Crippen molar-refractivity contribution in [2.24, 2.45) is 35.5 Å². The predicted molar refractivity (Wildman–Crippen MR) is 50.3 cm³/mol. The molecule has 0 amide bonds. The highest BCUT2D eigenvalue weighted by Crippen LogP contribution is 3.00. The van der Waals surface area contributed by atoms with E-state index < -0.39 is 0 Å². The first-order valence-electron chi connectivity index (χ1n) is 4.70. The van der Waals surface area contributed by atoms with Gasteiger partial charge in [0, 0.05) is 4.32 Å². The van der Waals surface area contributed by atoms with Crippen molar-refractivity contribution >= 4 is 31.9 Å². The lowest BCUT2D eigenvalue weighted by Gasteiger charge is -2.90. The summed E-state index contributed by atoms with van der Waals surface area (Å²) in [6.45, 7) is 0. The quantitative estimate of drug-likeness (QED) is 0.669. The number of rotatable bonds is 0. The van der Waals surface area contributed by atoms with E-state index in [1.807, 2.05) is 0 Å². The maximum atomic E-state index is 10.0. The van der Waals surface area contributed by atoms with Crippen LogP contribution in [-0.4, -0.2) is 19.9 Å². The summed E-state index contributed by atoms with van der Waals surface area (Å²) in [5.41, 5.74) is 0. The van der Waals surface area contributed by atoms with E-state index >= 15 is 0 Å². The molecule has 12 heavy (non-hydrogen) atoms. The van der Waals surface area contributed by atoms with Crippen molar-refractivity contribution < 1.29 is 5.11 Å². The van der Waals surface area contributed by atoms with E-state index in [-0.39, 0.29) is 10.4 Å². The molecule has 0 aromatic heterocycles. The Bertz CT molecular complexity index is 315. The second-order valence-electron chi connectivity index (χ2n) is 5.31. The lowest BCUT2D eigenvalue weighted by Crippen LogP contribution is -2.93. The van der Waals surface area contributed by atoms with Crippen molar-refractivity contribution in [2.75, 3.05) is 0 Å². The van der Waals surface area contributed by atoms with Crippen LogP contribution in [0.3, 0.4) is 0 Å². The third kappa shape index (κ3) is 0.255. The Kier molecular flexibility index (Phi) is 0.660. The summed E-state index contributed by atoms with van der Waals surface area (Å²) in [5.74, 6) is 4.89. The summed E-state index contributed by atoms with van der Waals surface area (Å²) in [6.07, 6.45) is -0.0214. The third-order valence-corrected chi connectivity index (χ3v) is 8.86. The third-order valence-electron chi connectivity index (χ3n) is 5.75. The maximum absolute atomic E-state index is 10.0. The number of aliphatic hydroxyl groups excluding tert-OH is 1. The van der Waals surface area contributed by atoms with Crippen molar-refractivity contribution in [2.45, 2.75) is 14.8 Å². The first-order valence-corrected chi connectivity index (χ1v) is 6.29. The zero-order valence-electron chi connectivity index (χ0n) is 6.24. The summed E-state index contributed by atoms with van der Waals surface area (Å²) in [5, 5.41) is 10.0. The smallest absolute Gasteiger partial charge is 0.0733 e. The van der Waals surface area contributed by atoms with Crippen molar-refractivity contribution in [3.8, 4) is 0 Å². The van der Waals surface area contributed by atoms with Crippen LogP contribution in [0.2, 0.25) is 0 Å². The Morgan fingerprint density at radius 2 is 1.33 bits per heavy atom. The summed E-state index contributed by atoms with van der Waals surface area (Å²) >= 11 is 7.70. The van der Waals surface area contributed by atoms with Gasteiger partial charge in [-0.25, -0.2) is 0 Å². The lowest BCUT2D eigenvalue weighted by atomic mass is 9.20. The zero-order valence-corrected chi connectivity index (χ0v) is 9.42. The lowest BCUT2D eigenvalue weighted by molar-refractivity contribution is -0.337. The molecule has 6 saturated carbocycles. The Morgan fingerprint density at radius 3 is 1.75 bits per heavy atom.